The molecule has 3 aliphatic rings. The van der Waals surface area contributed by atoms with Gasteiger partial charge in [0.05, 0.1) is 18.2 Å². The van der Waals surface area contributed by atoms with Gasteiger partial charge in [-0.25, -0.2) is 0 Å². The Morgan fingerprint density at radius 1 is 1.21 bits per heavy atom. The van der Waals surface area contributed by atoms with Gasteiger partial charge in [0.2, 0.25) is 0 Å². The van der Waals surface area contributed by atoms with Gasteiger partial charge in [0.15, 0.2) is 0 Å². The van der Waals surface area contributed by atoms with E-state index in [-0.39, 0.29) is 11.4 Å². The predicted molar refractivity (Wildman–Crippen MR) is 137 cm³/mol. The van der Waals surface area contributed by atoms with Crippen molar-refractivity contribution in [3.63, 3.8) is 0 Å². The van der Waals surface area contributed by atoms with Gasteiger partial charge in [-0.15, -0.1) is 0 Å². The first kappa shape index (κ1) is 22.2. The van der Waals surface area contributed by atoms with Crippen LogP contribution in [0.1, 0.15) is 52.7 Å². The summed E-state index contributed by atoms with van der Waals surface area (Å²) >= 11 is 0. The number of benzene rings is 2. The topological polar surface area (TPSA) is 63.2 Å². The van der Waals surface area contributed by atoms with Gasteiger partial charge in [-0.1, -0.05) is 24.3 Å². The second-order valence-corrected chi connectivity index (χ2v) is 9.36. The molecular formula is C29H31N3O2. The zero-order valence-corrected chi connectivity index (χ0v) is 19.8. The summed E-state index contributed by atoms with van der Waals surface area (Å²) in [6, 6.07) is 14.1. The number of pyridine rings is 1. The Hall–Kier alpha value is -3.60. The van der Waals surface area contributed by atoms with Crippen molar-refractivity contribution in [2.45, 2.75) is 38.1 Å². The highest BCUT2D eigenvalue weighted by Gasteiger charge is 2.47. The van der Waals surface area contributed by atoms with Crippen molar-refractivity contribution in [3.8, 4) is 5.75 Å². The normalized spacial score (nSPS) is 17.4. The summed E-state index contributed by atoms with van der Waals surface area (Å²) in [5.41, 5.74) is 4.56. The molecule has 0 atom stereocenters. The molecule has 34 heavy (non-hydrogen) atoms. The minimum atomic E-state index is -0.336. The molecule has 3 aromatic rings. The van der Waals surface area contributed by atoms with Crippen molar-refractivity contribution in [1.29, 1.82) is 0 Å². The van der Waals surface area contributed by atoms with Gasteiger partial charge in [0.25, 0.3) is 5.91 Å². The maximum Gasteiger partial charge on any atom is 0.252 e. The van der Waals surface area contributed by atoms with Gasteiger partial charge in [-0.3, -0.25) is 9.78 Å². The Morgan fingerprint density at radius 2 is 1.97 bits per heavy atom. The number of hydrogen-bond donors (Lipinski definition) is 2. The van der Waals surface area contributed by atoms with E-state index < -0.39 is 0 Å². The maximum atomic E-state index is 13.2. The van der Waals surface area contributed by atoms with Crippen LogP contribution in [0.15, 0.2) is 67.0 Å². The number of ether oxygens (including phenoxy) is 1. The Morgan fingerprint density at radius 3 is 2.62 bits per heavy atom. The fourth-order valence-electron chi connectivity index (χ4n) is 4.19. The lowest BCUT2D eigenvalue weighted by Gasteiger charge is -2.21. The highest BCUT2D eigenvalue weighted by atomic mass is 16.5. The minimum absolute atomic E-state index is 0.0557. The molecule has 1 amide bonds. The number of nitrogens with zero attached hydrogens (tertiary/aromatic N) is 1. The summed E-state index contributed by atoms with van der Waals surface area (Å²) in [4.78, 5) is 17.8. The first-order valence-electron chi connectivity index (χ1n) is 12.0. The number of rotatable bonds is 6. The number of hydrogen-bond acceptors (Lipinski definition) is 4. The fraction of sp³-hybridized carbons (Fsp3) is 0.310. The standard InChI is InChI=1S/C26H26N2O2.C3H5N/c1-17-5-10-20(30-2)16-22(17)25(29)28-26(11-12-26)23-14-19(9-8-18-6-7-18)15-24-21(23)4-3-13-27-24;1-2-4-3-1/h3-5,8-10,13-16,18H,6-7,11-12H2,1-2H3,(H,28,29);1-2,4H,3H2/b9-8+;. The molecule has 0 unspecified atom stereocenters. The number of methoxy groups -OCH3 is 1. The summed E-state index contributed by atoms with van der Waals surface area (Å²) < 4.78 is 5.32. The van der Waals surface area contributed by atoms with Crippen LogP contribution in [-0.4, -0.2) is 24.5 Å². The Balaban J connectivity index is 0.000000547. The Kier molecular flexibility index (Phi) is 6.10. The molecule has 2 N–H and O–H groups in total. The average Bonchev–Trinajstić information content (AvgIpc) is 3.73. The molecule has 0 radical (unpaired) electrons. The smallest absolute Gasteiger partial charge is 0.252 e. The number of carbonyl (C=O) groups is 1. The number of aromatic nitrogens is 1. The fourth-order valence-corrected chi connectivity index (χ4v) is 4.19. The number of nitrogens with one attached hydrogen (secondary N) is 2. The zero-order valence-electron chi connectivity index (χ0n) is 19.8. The van der Waals surface area contributed by atoms with Crippen LogP contribution < -0.4 is 15.4 Å². The van der Waals surface area contributed by atoms with Crippen LogP contribution in [0.3, 0.4) is 0 Å². The van der Waals surface area contributed by atoms with E-state index in [1.807, 2.05) is 43.6 Å². The quantitative estimate of drug-likeness (QED) is 0.518. The van der Waals surface area contributed by atoms with Gasteiger partial charge in [-0.05, 0) is 97.8 Å². The molecule has 2 aromatic carbocycles. The van der Waals surface area contributed by atoms with E-state index in [0.29, 0.717) is 11.3 Å². The molecule has 2 heterocycles. The second kappa shape index (κ2) is 9.34. The number of fused-ring (bicyclic) bond motifs is 1. The van der Waals surface area contributed by atoms with Crippen molar-refractivity contribution < 1.29 is 9.53 Å². The lowest BCUT2D eigenvalue weighted by atomic mass is 9.95. The van der Waals surface area contributed by atoms with Crippen LogP contribution in [0.4, 0.5) is 0 Å². The van der Waals surface area contributed by atoms with E-state index >= 15 is 0 Å². The predicted octanol–water partition coefficient (Wildman–Crippen LogP) is 5.50. The molecular weight excluding hydrogens is 422 g/mol. The third-order valence-electron chi connectivity index (χ3n) is 6.71. The molecule has 0 saturated heterocycles. The Bertz CT molecular complexity index is 1260. The average molecular weight is 454 g/mol. The van der Waals surface area contributed by atoms with Crippen LogP contribution in [-0.2, 0) is 5.54 Å². The van der Waals surface area contributed by atoms with E-state index in [1.54, 1.807) is 7.11 Å². The van der Waals surface area contributed by atoms with E-state index in [2.05, 4.69) is 52.0 Å². The van der Waals surface area contributed by atoms with E-state index in [9.17, 15) is 4.79 Å². The van der Waals surface area contributed by atoms with Crippen molar-refractivity contribution in [2.75, 3.05) is 13.7 Å². The van der Waals surface area contributed by atoms with E-state index in [0.717, 1.165) is 52.9 Å². The third-order valence-corrected chi connectivity index (χ3v) is 6.71. The second-order valence-electron chi connectivity index (χ2n) is 9.36. The molecule has 2 fully saturated rings. The highest BCUT2D eigenvalue weighted by Crippen LogP contribution is 2.48. The molecule has 1 aromatic heterocycles. The molecule has 0 bridgehead atoms. The van der Waals surface area contributed by atoms with Crippen molar-refractivity contribution in [2.24, 2.45) is 5.92 Å². The van der Waals surface area contributed by atoms with Crippen molar-refractivity contribution in [3.05, 3.63) is 89.3 Å². The summed E-state index contributed by atoms with van der Waals surface area (Å²) in [5.74, 6) is 1.36. The number of allylic oxidation sites excluding steroid dienone is 1. The lowest BCUT2D eigenvalue weighted by Crippen LogP contribution is -2.35. The molecule has 2 aliphatic carbocycles. The SMILES string of the molecule is C1=CNC1.COc1ccc(C)c(C(=O)NC2(c3cc(/C=C/C4CC4)cc4ncccc34)CC2)c1. The largest absolute Gasteiger partial charge is 0.497 e. The monoisotopic (exact) mass is 453 g/mol. The molecule has 174 valence electrons. The molecule has 5 heteroatoms. The van der Waals surface area contributed by atoms with Gasteiger partial charge in [0.1, 0.15) is 5.75 Å². The van der Waals surface area contributed by atoms with Crippen LogP contribution in [0.2, 0.25) is 0 Å². The molecule has 5 nitrogen and oxygen atoms in total. The number of carbonyl (C=O) groups excluding carboxylic acids is 1. The first-order chi connectivity index (χ1) is 16.6. The van der Waals surface area contributed by atoms with E-state index in [4.69, 9.17) is 4.74 Å². The minimum Gasteiger partial charge on any atom is -0.497 e. The van der Waals surface area contributed by atoms with Crippen molar-refractivity contribution >= 4 is 22.9 Å². The maximum absolute atomic E-state index is 13.2. The lowest BCUT2D eigenvalue weighted by molar-refractivity contribution is 0.0930. The summed E-state index contributed by atoms with van der Waals surface area (Å²) in [6.07, 6.45) is 14.8. The molecule has 6 rings (SSSR count). The molecule has 1 aliphatic heterocycles. The van der Waals surface area contributed by atoms with Crippen LogP contribution in [0.5, 0.6) is 5.75 Å². The number of aryl methyl sites for hydroxylation is 1. The highest BCUT2D eigenvalue weighted by molar-refractivity contribution is 5.97. The summed E-state index contributed by atoms with van der Waals surface area (Å²) in [6.45, 7) is 3.02. The van der Waals surface area contributed by atoms with Gasteiger partial charge in [0, 0.05) is 23.7 Å². The molecule has 0 spiro atoms. The van der Waals surface area contributed by atoms with Crippen LogP contribution in [0, 0.1) is 12.8 Å². The van der Waals surface area contributed by atoms with Crippen molar-refractivity contribution in [1.82, 2.24) is 15.6 Å². The number of amides is 1. The third kappa shape index (κ3) is 4.84. The van der Waals surface area contributed by atoms with Gasteiger partial charge < -0.3 is 15.4 Å². The van der Waals surface area contributed by atoms with Gasteiger partial charge >= 0.3 is 0 Å². The van der Waals surface area contributed by atoms with Crippen LogP contribution >= 0.6 is 0 Å². The molecule has 2 saturated carbocycles. The summed E-state index contributed by atoms with van der Waals surface area (Å²) in [5, 5.41) is 7.39. The van der Waals surface area contributed by atoms with Crippen LogP contribution in [0.25, 0.3) is 17.0 Å². The van der Waals surface area contributed by atoms with Gasteiger partial charge in [-0.2, -0.15) is 0 Å². The summed E-state index contributed by atoms with van der Waals surface area (Å²) in [7, 11) is 1.62. The first-order valence-corrected chi connectivity index (χ1v) is 12.0. The Labute approximate surface area is 200 Å². The van der Waals surface area contributed by atoms with E-state index in [1.165, 1.54) is 12.8 Å². The zero-order chi connectivity index (χ0) is 23.5.